The van der Waals surface area contributed by atoms with Crippen molar-refractivity contribution in [3.63, 3.8) is 0 Å². The molecule has 0 radical (unpaired) electrons. The lowest BCUT2D eigenvalue weighted by Crippen LogP contribution is -2.29. The average molecular weight is 260 g/mol. The minimum absolute atomic E-state index is 0.173. The van der Waals surface area contributed by atoms with E-state index in [0.29, 0.717) is 6.54 Å². The highest BCUT2D eigenvalue weighted by Crippen LogP contribution is 2.18. The third-order valence-corrected chi connectivity index (χ3v) is 3.80. The van der Waals surface area contributed by atoms with Crippen molar-refractivity contribution in [2.75, 3.05) is 18.0 Å². The molecule has 0 saturated carbocycles. The molecule has 0 aromatic carbocycles. The first-order valence-electron chi connectivity index (χ1n) is 5.95. The maximum atomic E-state index is 12.2. The Morgan fingerprint density at radius 3 is 2.56 bits per heavy atom. The Bertz CT molecular complexity index is 522. The number of ketones is 1. The van der Waals surface area contributed by atoms with Crippen molar-refractivity contribution in [3.05, 3.63) is 46.4 Å². The second-order valence-corrected chi connectivity index (χ2v) is 5.34. The molecule has 2 heterocycles. The van der Waals surface area contributed by atoms with Crippen LogP contribution in [0.25, 0.3) is 0 Å². The summed E-state index contributed by atoms with van der Waals surface area (Å²) in [6.45, 7) is 5.29. The highest BCUT2D eigenvalue weighted by Gasteiger charge is 2.13. The fraction of sp³-hybridized carbons (Fsp3) is 0.286. The van der Waals surface area contributed by atoms with Crippen LogP contribution in [-0.4, -0.2) is 23.9 Å². The number of nitrogens with zero attached hydrogens (tertiary/aromatic N) is 2. The van der Waals surface area contributed by atoms with Gasteiger partial charge in [-0.25, -0.2) is 0 Å². The molecule has 2 aromatic rings. The molecule has 0 atom stereocenters. The number of carbonyl (C=O) groups is 1. The molecular weight excluding hydrogens is 244 g/mol. The van der Waals surface area contributed by atoms with Gasteiger partial charge in [-0.15, -0.1) is 11.3 Å². The van der Waals surface area contributed by atoms with Crippen LogP contribution in [0.5, 0.6) is 0 Å². The zero-order valence-electron chi connectivity index (χ0n) is 10.6. The zero-order valence-corrected chi connectivity index (χ0v) is 11.4. The van der Waals surface area contributed by atoms with Crippen molar-refractivity contribution in [3.8, 4) is 0 Å². The molecule has 0 unspecified atom stereocenters. The highest BCUT2D eigenvalue weighted by atomic mass is 32.1. The summed E-state index contributed by atoms with van der Waals surface area (Å²) in [7, 11) is 0. The van der Waals surface area contributed by atoms with E-state index in [4.69, 9.17) is 0 Å². The molecule has 0 N–H and O–H groups in total. The van der Waals surface area contributed by atoms with Crippen molar-refractivity contribution < 1.29 is 4.79 Å². The van der Waals surface area contributed by atoms with Crippen molar-refractivity contribution in [1.29, 1.82) is 0 Å². The monoisotopic (exact) mass is 260 g/mol. The number of pyridine rings is 1. The van der Waals surface area contributed by atoms with Crippen molar-refractivity contribution in [2.45, 2.75) is 13.8 Å². The number of rotatable bonds is 5. The molecule has 4 heteroatoms. The second-order valence-electron chi connectivity index (χ2n) is 4.05. The number of hydrogen-bond acceptors (Lipinski definition) is 4. The van der Waals surface area contributed by atoms with Crippen LogP contribution in [0, 0.1) is 6.92 Å². The van der Waals surface area contributed by atoms with Gasteiger partial charge in [0, 0.05) is 29.5 Å². The normalized spacial score (nSPS) is 10.3. The number of carbonyl (C=O) groups excluding carboxylic acids is 1. The summed E-state index contributed by atoms with van der Waals surface area (Å²) < 4.78 is 0. The number of likely N-dealkylation sites (N-methyl/N-ethyl adjacent to an activating group) is 1. The van der Waals surface area contributed by atoms with Crippen LogP contribution >= 0.6 is 11.3 Å². The quantitative estimate of drug-likeness (QED) is 0.774. The first-order chi connectivity index (χ1) is 8.70. The molecule has 0 fully saturated rings. The molecule has 94 valence electrons. The average Bonchev–Trinajstić information content (AvgIpc) is 2.83. The first kappa shape index (κ1) is 12.8. The Kier molecular flexibility index (Phi) is 4.10. The van der Waals surface area contributed by atoms with Gasteiger partial charge in [0.25, 0.3) is 0 Å². The lowest BCUT2D eigenvalue weighted by atomic mass is 10.2. The Balaban J connectivity index is 2.10. The second kappa shape index (κ2) is 5.78. The fourth-order valence-electron chi connectivity index (χ4n) is 1.78. The summed E-state index contributed by atoms with van der Waals surface area (Å²) in [4.78, 5) is 20.2. The minimum Gasteiger partial charge on any atom is -0.364 e. The molecule has 0 saturated heterocycles. The molecule has 0 spiro atoms. The maximum Gasteiger partial charge on any atom is 0.191 e. The minimum atomic E-state index is 0.173. The summed E-state index contributed by atoms with van der Waals surface area (Å²) in [5.41, 5.74) is 1.04. The van der Waals surface area contributed by atoms with Gasteiger partial charge in [0.2, 0.25) is 0 Å². The van der Waals surface area contributed by atoms with E-state index in [-0.39, 0.29) is 5.78 Å². The molecule has 0 aliphatic rings. The van der Waals surface area contributed by atoms with E-state index in [1.54, 1.807) is 23.7 Å². The van der Waals surface area contributed by atoms with Crippen LogP contribution in [0.3, 0.4) is 0 Å². The molecule has 0 bridgehead atoms. The van der Waals surface area contributed by atoms with Gasteiger partial charge in [0.05, 0.1) is 11.4 Å². The summed E-state index contributed by atoms with van der Waals surface area (Å²) >= 11 is 1.55. The number of aryl methyl sites for hydroxylation is 1. The topological polar surface area (TPSA) is 33.2 Å². The Labute approximate surface area is 111 Å². The largest absolute Gasteiger partial charge is 0.364 e. The molecular formula is C14H16N2OS. The summed E-state index contributed by atoms with van der Waals surface area (Å²) in [5, 5.41) is 0. The zero-order chi connectivity index (χ0) is 13.0. The van der Waals surface area contributed by atoms with Crippen LogP contribution < -0.4 is 4.90 Å². The van der Waals surface area contributed by atoms with E-state index in [2.05, 4.69) is 9.88 Å². The first-order valence-corrected chi connectivity index (χ1v) is 6.77. The lowest BCUT2D eigenvalue weighted by Gasteiger charge is -2.21. The summed E-state index contributed by atoms with van der Waals surface area (Å²) in [6.07, 6.45) is 3.50. The molecule has 2 rings (SSSR count). The van der Waals surface area contributed by atoms with Gasteiger partial charge in [0.1, 0.15) is 0 Å². The third-order valence-electron chi connectivity index (χ3n) is 2.76. The van der Waals surface area contributed by atoms with Crippen molar-refractivity contribution >= 4 is 22.8 Å². The van der Waals surface area contributed by atoms with E-state index in [1.807, 2.05) is 38.1 Å². The highest BCUT2D eigenvalue weighted by molar-refractivity contribution is 7.14. The van der Waals surface area contributed by atoms with E-state index >= 15 is 0 Å². The van der Waals surface area contributed by atoms with Gasteiger partial charge in [-0.1, -0.05) is 0 Å². The Morgan fingerprint density at radius 1 is 1.28 bits per heavy atom. The SMILES string of the molecule is CCN(CC(=O)c1ccc(C)s1)c1ccncc1. The molecule has 2 aromatic heterocycles. The van der Waals surface area contributed by atoms with Gasteiger partial charge < -0.3 is 4.90 Å². The predicted molar refractivity (Wildman–Crippen MR) is 75.5 cm³/mol. The fourth-order valence-corrected chi connectivity index (χ4v) is 2.57. The number of thiophene rings is 1. The predicted octanol–water partition coefficient (Wildman–Crippen LogP) is 3.16. The van der Waals surface area contributed by atoms with Crippen LogP contribution in [0.4, 0.5) is 5.69 Å². The number of Topliss-reactive ketones (excluding diaryl/α,β-unsaturated/α-hetero) is 1. The van der Waals surface area contributed by atoms with Crippen LogP contribution in [-0.2, 0) is 0 Å². The van der Waals surface area contributed by atoms with Crippen LogP contribution in [0.1, 0.15) is 21.5 Å². The van der Waals surface area contributed by atoms with Gasteiger partial charge in [-0.05, 0) is 38.1 Å². The van der Waals surface area contributed by atoms with Crippen molar-refractivity contribution in [1.82, 2.24) is 4.98 Å². The van der Waals surface area contributed by atoms with E-state index < -0.39 is 0 Å². The van der Waals surface area contributed by atoms with E-state index in [9.17, 15) is 4.79 Å². The molecule has 0 aliphatic carbocycles. The van der Waals surface area contributed by atoms with Crippen LogP contribution in [0.2, 0.25) is 0 Å². The standard InChI is InChI=1S/C14H16N2OS/c1-3-16(12-6-8-15-9-7-12)10-13(17)14-5-4-11(2)18-14/h4-9H,3,10H2,1-2H3. The number of anilines is 1. The van der Waals surface area contributed by atoms with Gasteiger partial charge in [-0.2, -0.15) is 0 Å². The summed E-state index contributed by atoms with van der Waals surface area (Å²) in [5.74, 6) is 0.173. The van der Waals surface area contributed by atoms with Gasteiger partial charge >= 0.3 is 0 Å². The molecule has 0 amide bonds. The smallest absolute Gasteiger partial charge is 0.191 e. The molecule has 0 aliphatic heterocycles. The Hall–Kier alpha value is -1.68. The van der Waals surface area contributed by atoms with E-state index in [0.717, 1.165) is 17.1 Å². The van der Waals surface area contributed by atoms with Gasteiger partial charge in [0.15, 0.2) is 5.78 Å². The number of hydrogen-bond donors (Lipinski definition) is 0. The number of aromatic nitrogens is 1. The Morgan fingerprint density at radius 2 is 2.00 bits per heavy atom. The molecule has 18 heavy (non-hydrogen) atoms. The van der Waals surface area contributed by atoms with Crippen molar-refractivity contribution in [2.24, 2.45) is 0 Å². The lowest BCUT2D eigenvalue weighted by molar-refractivity contribution is 0.100. The summed E-state index contributed by atoms with van der Waals surface area (Å²) in [6, 6.07) is 7.75. The molecule has 3 nitrogen and oxygen atoms in total. The van der Waals surface area contributed by atoms with E-state index in [1.165, 1.54) is 4.88 Å². The van der Waals surface area contributed by atoms with Gasteiger partial charge in [-0.3, -0.25) is 9.78 Å². The van der Waals surface area contributed by atoms with Crippen LogP contribution in [0.15, 0.2) is 36.7 Å². The maximum absolute atomic E-state index is 12.2. The third kappa shape index (κ3) is 2.96.